The predicted molar refractivity (Wildman–Crippen MR) is 125 cm³/mol. The molecule has 0 bridgehead atoms. The van der Waals surface area contributed by atoms with Crippen molar-refractivity contribution in [3.05, 3.63) is 77.1 Å². The monoisotopic (exact) mass is 455 g/mol. The van der Waals surface area contributed by atoms with Crippen molar-refractivity contribution in [2.45, 2.75) is 31.1 Å². The van der Waals surface area contributed by atoms with E-state index in [9.17, 15) is 18.7 Å². The van der Waals surface area contributed by atoms with E-state index in [2.05, 4.69) is 0 Å². The molecular formula is C26H31F2N3O2. The second-order valence-electron chi connectivity index (χ2n) is 9.22. The van der Waals surface area contributed by atoms with Crippen molar-refractivity contribution in [1.82, 2.24) is 14.7 Å². The summed E-state index contributed by atoms with van der Waals surface area (Å²) in [5.74, 6) is -0.381. The Morgan fingerprint density at radius 1 is 1.24 bits per heavy atom. The van der Waals surface area contributed by atoms with Crippen LogP contribution in [-0.2, 0) is 5.54 Å². The average Bonchev–Trinajstić information content (AvgIpc) is 3.21. The van der Waals surface area contributed by atoms with E-state index in [4.69, 9.17) is 0 Å². The lowest BCUT2D eigenvalue weighted by molar-refractivity contribution is 0.0417. The minimum Gasteiger partial charge on any atom is -0.393 e. The first kappa shape index (κ1) is 23.4. The Kier molecular flexibility index (Phi) is 6.54. The molecule has 2 heterocycles. The molecule has 4 rings (SSSR count). The van der Waals surface area contributed by atoms with Crippen molar-refractivity contribution in [2.24, 2.45) is 0 Å². The topological polar surface area (TPSA) is 47.0 Å². The van der Waals surface area contributed by atoms with Crippen LogP contribution in [-0.4, -0.2) is 78.4 Å². The van der Waals surface area contributed by atoms with Gasteiger partial charge in [-0.05, 0) is 49.7 Å². The van der Waals surface area contributed by atoms with Gasteiger partial charge in [0, 0.05) is 32.2 Å². The van der Waals surface area contributed by atoms with Gasteiger partial charge in [-0.25, -0.2) is 13.6 Å². The summed E-state index contributed by atoms with van der Waals surface area (Å²) >= 11 is 0. The fourth-order valence-corrected chi connectivity index (χ4v) is 5.01. The summed E-state index contributed by atoms with van der Waals surface area (Å²) in [6.07, 6.45) is 1.15. The van der Waals surface area contributed by atoms with Gasteiger partial charge in [0.15, 0.2) is 0 Å². The standard InChI is InChI=1S/C26H31F2N3O2/c1-18-9-10-22(27)21(13-18)19-14-26(17-32,20-7-5-4-6-8-20)31(15-19)25(33)30(3)24-11-12-29(2)16-23(24)28/h4-10,13-14,23-24,32H,11-12,15-17H2,1-3H3/t23?,24?,26-/m1/s1. The number of amides is 2. The van der Waals surface area contributed by atoms with Crippen LogP contribution in [0.15, 0.2) is 54.6 Å². The number of hydrogen-bond acceptors (Lipinski definition) is 3. The number of hydrogen-bond donors (Lipinski definition) is 1. The molecule has 1 N–H and O–H groups in total. The molecule has 3 atom stereocenters. The van der Waals surface area contributed by atoms with E-state index in [-0.39, 0.29) is 31.5 Å². The highest BCUT2D eigenvalue weighted by molar-refractivity contribution is 5.84. The fraction of sp³-hybridized carbons (Fsp3) is 0.423. The molecule has 0 spiro atoms. The number of likely N-dealkylation sites (tertiary alicyclic amines) is 1. The first-order chi connectivity index (χ1) is 15.8. The van der Waals surface area contributed by atoms with Crippen molar-refractivity contribution < 1.29 is 18.7 Å². The Labute approximate surface area is 193 Å². The lowest BCUT2D eigenvalue weighted by Crippen LogP contribution is -2.58. The van der Waals surface area contributed by atoms with E-state index < -0.39 is 17.8 Å². The molecule has 2 aromatic carbocycles. The Hall–Kier alpha value is -2.77. The largest absolute Gasteiger partial charge is 0.393 e. The van der Waals surface area contributed by atoms with Gasteiger partial charge in [0.1, 0.15) is 17.5 Å². The first-order valence-electron chi connectivity index (χ1n) is 11.3. The molecule has 1 saturated heterocycles. The van der Waals surface area contributed by atoms with Gasteiger partial charge in [0.25, 0.3) is 0 Å². The van der Waals surface area contributed by atoms with Crippen molar-refractivity contribution in [3.8, 4) is 0 Å². The highest BCUT2D eigenvalue weighted by Gasteiger charge is 2.47. The molecule has 5 nitrogen and oxygen atoms in total. The maximum Gasteiger partial charge on any atom is 0.321 e. The number of alkyl halides is 1. The van der Waals surface area contributed by atoms with Gasteiger partial charge in [0.2, 0.25) is 0 Å². The summed E-state index contributed by atoms with van der Waals surface area (Å²) in [5, 5.41) is 10.6. The highest BCUT2D eigenvalue weighted by atomic mass is 19.1. The van der Waals surface area contributed by atoms with Crippen molar-refractivity contribution in [3.63, 3.8) is 0 Å². The van der Waals surface area contributed by atoms with E-state index >= 15 is 0 Å². The minimum absolute atomic E-state index is 0.114. The minimum atomic E-state index is -1.17. The third-order valence-corrected chi connectivity index (χ3v) is 6.95. The SMILES string of the molecule is Cc1ccc(F)c(C2=C[C@@](CO)(c3ccccc3)N(C(=O)N(C)C3CCN(C)CC3F)C2)c1. The maximum atomic E-state index is 14.9. The maximum absolute atomic E-state index is 14.9. The highest BCUT2D eigenvalue weighted by Crippen LogP contribution is 2.41. The van der Waals surface area contributed by atoms with Crippen LogP contribution in [0, 0.1) is 12.7 Å². The van der Waals surface area contributed by atoms with Crippen LogP contribution in [0.4, 0.5) is 13.6 Å². The summed E-state index contributed by atoms with van der Waals surface area (Å²) in [6, 6.07) is 13.1. The third-order valence-electron chi connectivity index (χ3n) is 6.95. The second-order valence-corrected chi connectivity index (χ2v) is 9.22. The van der Waals surface area contributed by atoms with Crippen molar-refractivity contribution >= 4 is 11.6 Å². The number of carbonyl (C=O) groups excluding carboxylic acids is 1. The van der Waals surface area contributed by atoms with Gasteiger partial charge >= 0.3 is 6.03 Å². The van der Waals surface area contributed by atoms with Gasteiger partial charge in [-0.3, -0.25) is 0 Å². The number of aliphatic hydroxyl groups excluding tert-OH is 1. The van der Waals surface area contributed by atoms with Crippen LogP contribution >= 0.6 is 0 Å². The summed E-state index contributed by atoms with van der Waals surface area (Å²) < 4.78 is 29.6. The molecule has 0 aromatic heterocycles. The van der Waals surface area contributed by atoms with Crippen molar-refractivity contribution in [2.75, 3.05) is 40.3 Å². The van der Waals surface area contributed by atoms with Crippen LogP contribution in [0.25, 0.3) is 5.57 Å². The summed E-state index contributed by atoms with van der Waals surface area (Å²) in [7, 11) is 3.48. The molecule has 2 unspecified atom stereocenters. The van der Waals surface area contributed by atoms with Gasteiger partial charge in [-0.15, -0.1) is 0 Å². The zero-order valence-electron chi connectivity index (χ0n) is 19.3. The molecule has 7 heteroatoms. The Bertz CT molecular complexity index is 1050. The molecule has 176 valence electrons. The van der Waals surface area contributed by atoms with E-state index in [0.29, 0.717) is 24.1 Å². The van der Waals surface area contributed by atoms with E-state index in [1.165, 1.54) is 11.0 Å². The number of aliphatic hydroxyl groups is 1. The first-order valence-corrected chi connectivity index (χ1v) is 11.3. The van der Waals surface area contributed by atoms with Gasteiger partial charge in [-0.2, -0.15) is 0 Å². The van der Waals surface area contributed by atoms with Crippen LogP contribution < -0.4 is 0 Å². The number of benzene rings is 2. The van der Waals surface area contributed by atoms with Crippen LogP contribution in [0.2, 0.25) is 0 Å². The smallest absolute Gasteiger partial charge is 0.321 e. The normalized spacial score (nSPS) is 25.8. The summed E-state index contributed by atoms with van der Waals surface area (Å²) in [5.41, 5.74) is 1.48. The summed E-state index contributed by atoms with van der Waals surface area (Å²) in [6.45, 7) is 2.59. The Morgan fingerprint density at radius 2 is 1.97 bits per heavy atom. The second kappa shape index (κ2) is 9.23. The van der Waals surface area contributed by atoms with Gasteiger partial charge in [-0.1, -0.05) is 42.0 Å². The number of rotatable bonds is 4. The Morgan fingerprint density at radius 3 is 2.64 bits per heavy atom. The third kappa shape index (κ3) is 4.27. The molecular weight excluding hydrogens is 424 g/mol. The van der Waals surface area contributed by atoms with E-state index in [1.54, 1.807) is 30.2 Å². The number of nitrogens with zero attached hydrogens (tertiary/aromatic N) is 3. The number of halogens is 2. The average molecular weight is 456 g/mol. The summed E-state index contributed by atoms with van der Waals surface area (Å²) in [4.78, 5) is 18.7. The molecule has 0 aliphatic carbocycles. The zero-order chi connectivity index (χ0) is 23.8. The van der Waals surface area contributed by atoms with Gasteiger partial charge < -0.3 is 19.8 Å². The molecule has 2 aromatic rings. The molecule has 0 radical (unpaired) electrons. The zero-order valence-corrected chi connectivity index (χ0v) is 19.3. The molecule has 0 saturated carbocycles. The predicted octanol–water partition coefficient (Wildman–Crippen LogP) is 3.81. The number of aryl methyl sites for hydroxylation is 1. The fourth-order valence-electron chi connectivity index (χ4n) is 5.01. The number of carbonyl (C=O) groups is 1. The molecule has 2 amide bonds. The van der Waals surface area contributed by atoms with E-state index in [0.717, 1.165) is 11.1 Å². The van der Waals surface area contributed by atoms with E-state index in [1.807, 2.05) is 49.2 Å². The molecule has 1 fully saturated rings. The molecule has 33 heavy (non-hydrogen) atoms. The van der Waals surface area contributed by atoms with Crippen LogP contribution in [0.1, 0.15) is 23.1 Å². The lowest BCUT2D eigenvalue weighted by atomic mass is 9.89. The molecule has 2 aliphatic rings. The van der Waals surface area contributed by atoms with Crippen LogP contribution in [0.5, 0.6) is 0 Å². The van der Waals surface area contributed by atoms with Crippen LogP contribution in [0.3, 0.4) is 0 Å². The molecule has 2 aliphatic heterocycles. The lowest BCUT2D eigenvalue weighted by Gasteiger charge is -2.43. The van der Waals surface area contributed by atoms with Gasteiger partial charge in [0.05, 0.1) is 12.6 Å². The quantitative estimate of drug-likeness (QED) is 0.763. The number of urea groups is 1. The number of piperidine rings is 1. The van der Waals surface area contributed by atoms with Crippen molar-refractivity contribution in [1.29, 1.82) is 0 Å². The Balaban J connectivity index is 1.75.